The minimum atomic E-state index is -3.77. The van der Waals surface area contributed by atoms with Gasteiger partial charge in [0.05, 0.1) is 10.4 Å². The average Bonchev–Trinajstić information content (AvgIpc) is 2.72. The van der Waals surface area contributed by atoms with E-state index in [-0.39, 0.29) is 4.90 Å². The Hall–Kier alpha value is -3.36. The summed E-state index contributed by atoms with van der Waals surface area (Å²) in [7, 11) is -1.97. The Bertz CT molecular complexity index is 1270. The molecule has 0 radical (unpaired) electrons. The van der Waals surface area contributed by atoms with Gasteiger partial charge >= 0.3 is 0 Å². The van der Waals surface area contributed by atoms with E-state index in [0.717, 1.165) is 27.6 Å². The van der Waals surface area contributed by atoms with E-state index < -0.39 is 10.0 Å². The largest absolute Gasteiger partial charge is 0.373 e. The third-order valence-corrected chi connectivity index (χ3v) is 5.26. The van der Waals surface area contributed by atoms with Crippen LogP contribution in [0.3, 0.4) is 0 Å². The van der Waals surface area contributed by atoms with Crippen LogP contribution in [0.2, 0.25) is 0 Å². The fraction of sp³-hybridized carbons (Fsp3) is 0.0500. The van der Waals surface area contributed by atoms with Gasteiger partial charge in [-0.15, -0.1) is 0 Å². The third kappa shape index (κ3) is 3.42. The van der Waals surface area contributed by atoms with Crippen LogP contribution in [0.1, 0.15) is 0 Å². The topological polar surface area (TPSA) is 111 Å². The van der Waals surface area contributed by atoms with Gasteiger partial charge in [-0.25, -0.2) is 23.5 Å². The number of nitrogens with one attached hydrogen (secondary N) is 1. The first-order valence-corrected chi connectivity index (χ1v) is 10.0. The molecule has 140 valence electrons. The van der Waals surface area contributed by atoms with Crippen LogP contribution in [0.5, 0.6) is 0 Å². The maximum Gasteiger partial charge on any atom is 0.238 e. The van der Waals surface area contributed by atoms with Gasteiger partial charge in [-0.2, -0.15) is 0 Å². The van der Waals surface area contributed by atoms with Crippen LogP contribution in [-0.2, 0) is 10.0 Å². The van der Waals surface area contributed by atoms with E-state index >= 15 is 0 Å². The molecule has 4 aromatic rings. The van der Waals surface area contributed by atoms with Crippen molar-refractivity contribution in [1.82, 2.24) is 15.0 Å². The smallest absolute Gasteiger partial charge is 0.238 e. The second kappa shape index (κ2) is 6.99. The maximum atomic E-state index is 11.6. The van der Waals surface area contributed by atoms with Crippen molar-refractivity contribution in [2.24, 2.45) is 5.14 Å². The Morgan fingerprint density at radius 3 is 2.43 bits per heavy atom. The molecule has 2 heterocycles. The standard InChI is InChI=1S/C20H17N5O2S/c1-22-20-17-11-14(13-4-2-6-16(10-13)28(21,26)27)7-8-18(17)24-19(25-20)15-5-3-9-23-12-15/h2-12H,1H3,(H2,21,26,27)(H,22,24,25). The van der Waals surface area contributed by atoms with Crippen LogP contribution in [0.25, 0.3) is 33.4 Å². The van der Waals surface area contributed by atoms with Gasteiger partial charge in [0.1, 0.15) is 5.82 Å². The molecule has 0 fully saturated rings. The third-order valence-electron chi connectivity index (χ3n) is 4.35. The van der Waals surface area contributed by atoms with Crippen LogP contribution in [-0.4, -0.2) is 30.4 Å². The van der Waals surface area contributed by atoms with Crippen molar-refractivity contribution in [2.45, 2.75) is 4.90 Å². The quantitative estimate of drug-likeness (QED) is 0.553. The molecule has 0 unspecified atom stereocenters. The van der Waals surface area contributed by atoms with Gasteiger partial charge < -0.3 is 5.32 Å². The highest BCUT2D eigenvalue weighted by Crippen LogP contribution is 2.30. The fourth-order valence-corrected chi connectivity index (χ4v) is 3.53. The second-order valence-corrected chi connectivity index (χ2v) is 7.75. The molecule has 0 amide bonds. The van der Waals surface area contributed by atoms with Gasteiger partial charge in [0.15, 0.2) is 5.82 Å². The molecular weight excluding hydrogens is 374 g/mol. The molecule has 0 aliphatic rings. The number of pyridine rings is 1. The molecule has 4 rings (SSSR count). The molecule has 0 aliphatic heterocycles. The summed E-state index contributed by atoms with van der Waals surface area (Å²) in [5, 5.41) is 9.18. The van der Waals surface area contributed by atoms with E-state index in [4.69, 9.17) is 5.14 Å². The molecule has 3 N–H and O–H groups in total. The normalized spacial score (nSPS) is 11.5. The Balaban J connectivity index is 1.86. The highest BCUT2D eigenvalue weighted by molar-refractivity contribution is 7.89. The Morgan fingerprint density at radius 2 is 1.71 bits per heavy atom. The highest BCUT2D eigenvalue weighted by atomic mass is 32.2. The molecule has 0 saturated heterocycles. The molecule has 8 heteroatoms. The number of anilines is 1. The Labute approximate surface area is 162 Å². The SMILES string of the molecule is CNc1nc(-c2cccnc2)nc2ccc(-c3cccc(S(N)(=O)=O)c3)cc12. The zero-order valence-electron chi connectivity index (χ0n) is 15.0. The number of fused-ring (bicyclic) bond motifs is 1. The van der Waals surface area contributed by atoms with Crippen LogP contribution in [0.15, 0.2) is 71.9 Å². The van der Waals surface area contributed by atoms with Crippen molar-refractivity contribution in [2.75, 3.05) is 12.4 Å². The molecule has 0 saturated carbocycles. The molecule has 7 nitrogen and oxygen atoms in total. The van der Waals surface area contributed by atoms with Gasteiger partial charge in [-0.05, 0) is 47.5 Å². The molecule has 2 aromatic heterocycles. The number of aromatic nitrogens is 3. The summed E-state index contributed by atoms with van der Waals surface area (Å²) in [4.78, 5) is 13.4. The number of hydrogen-bond acceptors (Lipinski definition) is 6. The van der Waals surface area contributed by atoms with Gasteiger partial charge in [0.2, 0.25) is 10.0 Å². The van der Waals surface area contributed by atoms with Crippen molar-refractivity contribution < 1.29 is 8.42 Å². The Kier molecular flexibility index (Phi) is 4.50. The van der Waals surface area contributed by atoms with E-state index in [1.807, 2.05) is 36.4 Å². The zero-order valence-corrected chi connectivity index (χ0v) is 15.8. The minimum Gasteiger partial charge on any atom is -0.373 e. The van der Waals surface area contributed by atoms with Crippen LogP contribution in [0, 0.1) is 0 Å². The summed E-state index contributed by atoms with van der Waals surface area (Å²) < 4.78 is 23.3. The molecule has 0 aliphatic carbocycles. The van der Waals surface area contributed by atoms with Crippen LogP contribution < -0.4 is 10.5 Å². The first-order valence-electron chi connectivity index (χ1n) is 8.49. The fourth-order valence-electron chi connectivity index (χ4n) is 2.98. The lowest BCUT2D eigenvalue weighted by molar-refractivity contribution is 0.598. The van der Waals surface area contributed by atoms with Crippen molar-refractivity contribution in [1.29, 1.82) is 0 Å². The number of hydrogen-bond donors (Lipinski definition) is 2. The summed E-state index contributed by atoms with van der Waals surface area (Å²) in [6, 6.07) is 16.0. The number of nitrogens with two attached hydrogens (primary N) is 1. The molecule has 0 spiro atoms. The van der Waals surface area contributed by atoms with Crippen molar-refractivity contribution in [3.05, 3.63) is 67.0 Å². The maximum absolute atomic E-state index is 11.6. The molecule has 28 heavy (non-hydrogen) atoms. The number of sulfonamides is 1. The number of nitrogens with zero attached hydrogens (tertiary/aromatic N) is 3. The second-order valence-electron chi connectivity index (χ2n) is 6.19. The Morgan fingerprint density at radius 1 is 0.929 bits per heavy atom. The van der Waals surface area contributed by atoms with Crippen LogP contribution in [0.4, 0.5) is 5.82 Å². The highest BCUT2D eigenvalue weighted by Gasteiger charge is 2.12. The van der Waals surface area contributed by atoms with Gasteiger partial charge in [0, 0.05) is 30.4 Å². The first-order chi connectivity index (χ1) is 13.5. The monoisotopic (exact) mass is 391 g/mol. The minimum absolute atomic E-state index is 0.0714. The summed E-state index contributed by atoms with van der Waals surface area (Å²) in [6.07, 6.45) is 3.42. The molecular formula is C20H17N5O2S. The lowest BCUT2D eigenvalue weighted by Gasteiger charge is -2.10. The molecule has 0 bridgehead atoms. The summed E-state index contributed by atoms with van der Waals surface area (Å²) in [5.41, 5.74) is 3.18. The van der Waals surface area contributed by atoms with Crippen molar-refractivity contribution in [3.63, 3.8) is 0 Å². The van der Waals surface area contributed by atoms with E-state index in [9.17, 15) is 8.42 Å². The van der Waals surface area contributed by atoms with E-state index in [1.165, 1.54) is 6.07 Å². The summed E-state index contributed by atoms with van der Waals surface area (Å²) in [5.74, 6) is 1.25. The van der Waals surface area contributed by atoms with E-state index in [1.54, 1.807) is 31.6 Å². The van der Waals surface area contributed by atoms with Gasteiger partial charge in [0.25, 0.3) is 0 Å². The number of rotatable bonds is 4. The first kappa shape index (κ1) is 18.0. The lowest BCUT2D eigenvalue weighted by Crippen LogP contribution is -2.11. The lowest BCUT2D eigenvalue weighted by atomic mass is 10.0. The van der Waals surface area contributed by atoms with Crippen LogP contribution >= 0.6 is 0 Å². The predicted octanol–water partition coefficient (Wildman–Crippen LogP) is 3.05. The van der Waals surface area contributed by atoms with Crippen molar-refractivity contribution in [3.8, 4) is 22.5 Å². The zero-order chi connectivity index (χ0) is 19.7. The average molecular weight is 391 g/mol. The summed E-state index contributed by atoms with van der Waals surface area (Å²) in [6.45, 7) is 0. The summed E-state index contributed by atoms with van der Waals surface area (Å²) >= 11 is 0. The number of primary sulfonamides is 1. The predicted molar refractivity (Wildman–Crippen MR) is 109 cm³/mol. The van der Waals surface area contributed by atoms with Gasteiger partial charge in [-0.1, -0.05) is 18.2 Å². The number of benzene rings is 2. The molecule has 2 aromatic carbocycles. The van der Waals surface area contributed by atoms with E-state index in [0.29, 0.717) is 11.6 Å². The molecule has 0 atom stereocenters. The van der Waals surface area contributed by atoms with E-state index in [2.05, 4.69) is 20.3 Å². The van der Waals surface area contributed by atoms with Gasteiger partial charge in [-0.3, -0.25) is 4.98 Å². The van der Waals surface area contributed by atoms with Crippen molar-refractivity contribution >= 4 is 26.7 Å².